The molecule has 0 spiro atoms. The standard InChI is InChI=1S/C11H15N3S/c1-3-5-14(6-4-2)8-10(12)11-7-13-9-15-11/h3-4,7,9,12H,1-2,5-6,8H2. The topological polar surface area (TPSA) is 40.0 Å². The quantitative estimate of drug-likeness (QED) is 0.566. The third-order valence-corrected chi connectivity index (χ3v) is 2.72. The van der Waals surface area contributed by atoms with Gasteiger partial charge < -0.3 is 5.41 Å². The van der Waals surface area contributed by atoms with Gasteiger partial charge in [-0.1, -0.05) is 12.2 Å². The highest BCUT2D eigenvalue weighted by molar-refractivity contribution is 7.11. The Labute approximate surface area is 94.3 Å². The molecular formula is C11H15N3S. The molecule has 15 heavy (non-hydrogen) atoms. The van der Waals surface area contributed by atoms with E-state index in [1.807, 2.05) is 12.2 Å². The molecule has 1 rings (SSSR count). The Bertz CT molecular complexity index is 320. The molecule has 0 aliphatic carbocycles. The number of nitrogens with one attached hydrogen (secondary N) is 1. The maximum atomic E-state index is 7.89. The Balaban J connectivity index is 2.54. The molecule has 0 unspecified atom stereocenters. The first-order valence-electron chi connectivity index (χ1n) is 4.68. The van der Waals surface area contributed by atoms with Crippen molar-refractivity contribution in [3.8, 4) is 0 Å². The molecule has 80 valence electrons. The third-order valence-electron chi connectivity index (χ3n) is 1.89. The lowest BCUT2D eigenvalue weighted by atomic mass is 10.3. The Kier molecular flexibility index (Phi) is 4.93. The molecule has 0 aliphatic heterocycles. The SMILES string of the molecule is C=CCN(CC=C)CC(=N)c1cncs1. The summed E-state index contributed by atoms with van der Waals surface area (Å²) in [7, 11) is 0. The molecule has 1 N–H and O–H groups in total. The molecule has 0 bridgehead atoms. The van der Waals surface area contributed by atoms with Gasteiger partial charge in [0.15, 0.2) is 0 Å². The number of hydrogen-bond donors (Lipinski definition) is 1. The summed E-state index contributed by atoms with van der Waals surface area (Å²) in [6.45, 7) is 9.55. The van der Waals surface area contributed by atoms with Gasteiger partial charge in [0.25, 0.3) is 0 Å². The molecule has 0 aliphatic rings. The van der Waals surface area contributed by atoms with Gasteiger partial charge in [-0.05, 0) is 0 Å². The van der Waals surface area contributed by atoms with Crippen LogP contribution in [0.2, 0.25) is 0 Å². The van der Waals surface area contributed by atoms with Crippen LogP contribution in [0, 0.1) is 5.41 Å². The van der Waals surface area contributed by atoms with E-state index in [4.69, 9.17) is 5.41 Å². The zero-order valence-corrected chi connectivity index (χ0v) is 9.46. The summed E-state index contributed by atoms with van der Waals surface area (Å²) in [5, 5.41) is 7.89. The van der Waals surface area contributed by atoms with Crippen molar-refractivity contribution in [1.29, 1.82) is 5.41 Å². The van der Waals surface area contributed by atoms with Crippen LogP contribution in [0.25, 0.3) is 0 Å². The fraction of sp³-hybridized carbons (Fsp3) is 0.273. The lowest BCUT2D eigenvalue weighted by Gasteiger charge is -2.18. The van der Waals surface area contributed by atoms with Crippen LogP contribution in [0.4, 0.5) is 0 Å². The molecular weight excluding hydrogens is 206 g/mol. The largest absolute Gasteiger partial charge is 0.302 e. The molecule has 0 atom stereocenters. The fourth-order valence-electron chi connectivity index (χ4n) is 1.24. The van der Waals surface area contributed by atoms with Gasteiger partial charge in [0.2, 0.25) is 0 Å². The van der Waals surface area contributed by atoms with Gasteiger partial charge >= 0.3 is 0 Å². The van der Waals surface area contributed by atoms with Crippen molar-refractivity contribution in [1.82, 2.24) is 9.88 Å². The first-order chi connectivity index (χ1) is 7.27. The molecule has 0 radical (unpaired) electrons. The van der Waals surface area contributed by atoms with Crippen molar-refractivity contribution in [2.45, 2.75) is 0 Å². The predicted molar refractivity (Wildman–Crippen MR) is 65.8 cm³/mol. The molecule has 0 saturated heterocycles. The first kappa shape index (κ1) is 11.8. The molecule has 1 heterocycles. The second kappa shape index (κ2) is 6.27. The lowest BCUT2D eigenvalue weighted by Crippen LogP contribution is -2.30. The average molecular weight is 221 g/mol. The first-order valence-corrected chi connectivity index (χ1v) is 5.56. The molecule has 0 aromatic carbocycles. The van der Waals surface area contributed by atoms with Gasteiger partial charge in [-0.15, -0.1) is 24.5 Å². The Morgan fingerprint density at radius 3 is 2.60 bits per heavy atom. The van der Waals surface area contributed by atoms with E-state index >= 15 is 0 Å². The Morgan fingerprint density at radius 2 is 2.13 bits per heavy atom. The summed E-state index contributed by atoms with van der Waals surface area (Å²) in [4.78, 5) is 6.98. The van der Waals surface area contributed by atoms with Crippen LogP contribution in [0.5, 0.6) is 0 Å². The van der Waals surface area contributed by atoms with Crippen molar-refractivity contribution >= 4 is 17.0 Å². The van der Waals surface area contributed by atoms with Gasteiger partial charge in [-0.3, -0.25) is 9.88 Å². The Hall–Kier alpha value is -1.26. The van der Waals surface area contributed by atoms with Gasteiger partial charge in [0, 0.05) is 25.8 Å². The van der Waals surface area contributed by atoms with Gasteiger partial charge in [-0.2, -0.15) is 0 Å². The van der Waals surface area contributed by atoms with E-state index in [0.29, 0.717) is 12.3 Å². The van der Waals surface area contributed by atoms with Gasteiger partial charge in [-0.25, -0.2) is 0 Å². The Morgan fingerprint density at radius 1 is 1.47 bits per heavy atom. The van der Waals surface area contributed by atoms with E-state index in [1.165, 1.54) is 11.3 Å². The van der Waals surface area contributed by atoms with Crippen molar-refractivity contribution in [2.75, 3.05) is 19.6 Å². The van der Waals surface area contributed by atoms with Crippen LogP contribution < -0.4 is 0 Å². The monoisotopic (exact) mass is 221 g/mol. The highest BCUT2D eigenvalue weighted by Gasteiger charge is 2.08. The van der Waals surface area contributed by atoms with Crippen LogP contribution in [0.3, 0.4) is 0 Å². The summed E-state index contributed by atoms with van der Waals surface area (Å²) < 4.78 is 0. The van der Waals surface area contributed by atoms with Gasteiger partial charge in [0.05, 0.1) is 16.1 Å². The van der Waals surface area contributed by atoms with Crippen LogP contribution in [0.1, 0.15) is 4.88 Å². The third kappa shape index (κ3) is 3.77. The van der Waals surface area contributed by atoms with Crippen molar-refractivity contribution in [2.24, 2.45) is 0 Å². The summed E-state index contributed by atoms with van der Waals surface area (Å²) in [6.07, 6.45) is 5.40. The normalized spacial score (nSPS) is 10.2. The van der Waals surface area contributed by atoms with Crippen molar-refractivity contribution in [3.63, 3.8) is 0 Å². The molecule has 1 aromatic rings. The van der Waals surface area contributed by atoms with Crippen molar-refractivity contribution < 1.29 is 0 Å². The van der Waals surface area contributed by atoms with Crippen LogP contribution in [0.15, 0.2) is 37.0 Å². The molecule has 3 nitrogen and oxygen atoms in total. The predicted octanol–water partition coefficient (Wildman–Crippen LogP) is 2.18. The number of rotatable bonds is 7. The van der Waals surface area contributed by atoms with Crippen LogP contribution >= 0.6 is 11.3 Å². The van der Waals surface area contributed by atoms with E-state index in [2.05, 4.69) is 23.0 Å². The van der Waals surface area contributed by atoms with Crippen molar-refractivity contribution in [3.05, 3.63) is 41.9 Å². The highest BCUT2D eigenvalue weighted by Crippen LogP contribution is 2.07. The molecule has 0 amide bonds. The van der Waals surface area contributed by atoms with Gasteiger partial charge in [0.1, 0.15) is 0 Å². The second-order valence-corrected chi connectivity index (χ2v) is 4.00. The lowest BCUT2D eigenvalue weighted by molar-refractivity contribution is 0.383. The van der Waals surface area contributed by atoms with E-state index < -0.39 is 0 Å². The summed E-state index contributed by atoms with van der Waals surface area (Å²) >= 11 is 1.50. The maximum Gasteiger partial charge on any atom is 0.0798 e. The smallest absolute Gasteiger partial charge is 0.0798 e. The van der Waals surface area contributed by atoms with E-state index in [9.17, 15) is 0 Å². The molecule has 4 heteroatoms. The minimum atomic E-state index is 0.598. The molecule has 0 saturated carbocycles. The number of nitrogens with zero attached hydrogens (tertiary/aromatic N) is 2. The minimum Gasteiger partial charge on any atom is -0.302 e. The number of thiazole rings is 1. The highest BCUT2D eigenvalue weighted by atomic mass is 32.1. The summed E-state index contributed by atoms with van der Waals surface area (Å²) in [5.74, 6) is 0. The molecule has 0 fully saturated rings. The zero-order chi connectivity index (χ0) is 11.1. The molecule has 1 aromatic heterocycles. The van der Waals surface area contributed by atoms with Crippen LogP contribution in [-0.4, -0.2) is 35.2 Å². The van der Waals surface area contributed by atoms with E-state index in [1.54, 1.807) is 11.7 Å². The fourth-order valence-corrected chi connectivity index (χ4v) is 1.80. The second-order valence-electron chi connectivity index (χ2n) is 3.12. The minimum absolute atomic E-state index is 0.598. The zero-order valence-electron chi connectivity index (χ0n) is 8.65. The van der Waals surface area contributed by atoms with Crippen LogP contribution in [-0.2, 0) is 0 Å². The summed E-state index contributed by atoms with van der Waals surface area (Å²) in [5.41, 5.74) is 2.34. The number of hydrogen-bond acceptors (Lipinski definition) is 4. The summed E-state index contributed by atoms with van der Waals surface area (Å²) in [6, 6.07) is 0. The van der Waals surface area contributed by atoms with E-state index in [0.717, 1.165) is 18.0 Å². The number of aromatic nitrogens is 1. The average Bonchev–Trinajstić information content (AvgIpc) is 2.71. The van der Waals surface area contributed by atoms with E-state index in [-0.39, 0.29) is 0 Å². The maximum absolute atomic E-state index is 7.89.